The molecular formula is Br3Ge-3. The smallest absolute Gasteiger partial charge is 0 e. The second-order valence-electron chi connectivity index (χ2n) is 0. The second-order valence-corrected chi connectivity index (χ2v) is 0. The van der Waals surface area contributed by atoms with Crippen molar-refractivity contribution in [1.82, 2.24) is 0 Å². The van der Waals surface area contributed by atoms with Crippen molar-refractivity contribution < 1.29 is 50.9 Å². The normalized spacial score (nSPS) is 0. The van der Waals surface area contributed by atoms with E-state index < -0.39 is 0 Å². The predicted octanol–water partition coefficient (Wildman–Crippen LogP) is -9.37. The van der Waals surface area contributed by atoms with Gasteiger partial charge in [0.15, 0.2) is 0 Å². The van der Waals surface area contributed by atoms with Gasteiger partial charge in [-0.3, -0.25) is 0 Å². The van der Waals surface area contributed by atoms with Gasteiger partial charge in [-0.2, -0.15) is 0 Å². The van der Waals surface area contributed by atoms with Gasteiger partial charge >= 0.3 is 0 Å². The van der Waals surface area contributed by atoms with Crippen molar-refractivity contribution in [3.8, 4) is 0 Å². The van der Waals surface area contributed by atoms with Crippen molar-refractivity contribution in [3.63, 3.8) is 0 Å². The first-order valence-corrected chi connectivity index (χ1v) is 0. The quantitative estimate of drug-likeness (QED) is 0.390. The number of halogens is 3. The third-order valence-electron chi connectivity index (χ3n) is 0. The molecule has 0 N–H and O–H groups in total. The number of hydrogen-bond acceptors (Lipinski definition) is 0. The van der Waals surface area contributed by atoms with Crippen molar-refractivity contribution in [2.75, 3.05) is 0 Å². The van der Waals surface area contributed by atoms with E-state index in [1.807, 2.05) is 0 Å². The monoisotopic (exact) mass is 311 g/mol. The van der Waals surface area contributed by atoms with E-state index in [-0.39, 0.29) is 68.5 Å². The second kappa shape index (κ2) is 20.1. The summed E-state index contributed by atoms with van der Waals surface area (Å²) in [5.74, 6) is 0. The molecular weight excluding hydrogens is 312 g/mol. The van der Waals surface area contributed by atoms with Crippen LogP contribution in [0.1, 0.15) is 0 Å². The molecule has 28 valence electrons. The SMILES string of the molecule is [Br-].[Br-].[Br-].[Ge]. The standard InChI is InChI=1S/3BrH.Ge/h3*1H;/p-3. The molecule has 0 amide bonds. The van der Waals surface area contributed by atoms with Gasteiger partial charge in [0.2, 0.25) is 0 Å². The van der Waals surface area contributed by atoms with Gasteiger partial charge in [0.05, 0.1) is 0 Å². The summed E-state index contributed by atoms with van der Waals surface area (Å²) in [5.41, 5.74) is 0. The van der Waals surface area contributed by atoms with Gasteiger partial charge in [-0.15, -0.1) is 0 Å². The zero-order chi connectivity index (χ0) is 0. The van der Waals surface area contributed by atoms with Gasteiger partial charge in [0.1, 0.15) is 0 Å². The Morgan fingerprint density at radius 1 is 0.500 bits per heavy atom. The minimum atomic E-state index is 0. The van der Waals surface area contributed by atoms with Crippen LogP contribution in [-0.4, -0.2) is 17.6 Å². The molecule has 0 aromatic rings. The van der Waals surface area contributed by atoms with E-state index in [1.54, 1.807) is 0 Å². The average molecular weight is 312 g/mol. The molecule has 0 aromatic carbocycles. The zero-order valence-corrected chi connectivity index (χ0v) is 8.49. The topological polar surface area (TPSA) is 0 Å². The maximum absolute atomic E-state index is 0. The minimum absolute atomic E-state index is 0. The van der Waals surface area contributed by atoms with E-state index in [4.69, 9.17) is 0 Å². The molecule has 0 rings (SSSR count). The molecule has 0 aliphatic carbocycles. The van der Waals surface area contributed by atoms with Crippen molar-refractivity contribution in [2.24, 2.45) is 0 Å². The summed E-state index contributed by atoms with van der Waals surface area (Å²) in [4.78, 5) is 0. The third-order valence-corrected chi connectivity index (χ3v) is 0. The van der Waals surface area contributed by atoms with Crippen LogP contribution in [0.3, 0.4) is 0 Å². The van der Waals surface area contributed by atoms with Crippen molar-refractivity contribution in [3.05, 3.63) is 0 Å². The Balaban J connectivity index is 0. The number of hydrogen-bond donors (Lipinski definition) is 0. The van der Waals surface area contributed by atoms with Crippen LogP contribution >= 0.6 is 0 Å². The Morgan fingerprint density at radius 3 is 0.500 bits per heavy atom. The molecule has 0 bridgehead atoms. The molecule has 0 aromatic heterocycles. The van der Waals surface area contributed by atoms with Gasteiger partial charge < -0.3 is 50.9 Å². The van der Waals surface area contributed by atoms with E-state index >= 15 is 0 Å². The van der Waals surface area contributed by atoms with E-state index in [1.165, 1.54) is 0 Å². The van der Waals surface area contributed by atoms with Gasteiger partial charge in [0, 0.05) is 17.6 Å². The first-order chi connectivity index (χ1) is 0. The molecule has 0 aliphatic heterocycles. The molecule has 0 atom stereocenters. The molecule has 4 heteroatoms. The van der Waals surface area contributed by atoms with E-state index in [0.717, 1.165) is 0 Å². The Labute approximate surface area is 68.0 Å². The van der Waals surface area contributed by atoms with Crippen LogP contribution in [0.2, 0.25) is 0 Å². The van der Waals surface area contributed by atoms with Crippen molar-refractivity contribution in [2.45, 2.75) is 0 Å². The van der Waals surface area contributed by atoms with E-state index in [9.17, 15) is 0 Å². The third kappa shape index (κ3) is 9.01. The Bertz CT molecular complexity index is 3.25. The van der Waals surface area contributed by atoms with Crippen molar-refractivity contribution >= 4 is 17.6 Å². The molecule has 4 radical (unpaired) electrons. The minimum Gasteiger partial charge on any atom is -1.00 e. The van der Waals surface area contributed by atoms with Crippen LogP contribution in [0.5, 0.6) is 0 Å². The molecule has 0 heterocycles. The van der Waals surface area contributed by atoms with Crippen LogP contribution in [0.4, 0.5) is 0 Å². The van der Waals surface area contributed by atoms with Crippen LogP contribution in [-0.2, 0) is 0 Å². The Morgan fingerprint density at radius 2 is 0.500 bits per heavy atom. The molecule has 4 heavy (non-hydrogen) atoms. The molecule has 0 nitrogen and oxygen atoms in total. The maximum atomic E-state index is 0. The van der Waals surface area contributed by atoms with E-state index in [0.29, 0.717) is 0 Å². The summed E-state index contributed by atoms with van der Waals surface area (Å²) in [7, 11) is 0. The number of rotatable bonds is 0. The van der Waals surface area contributed by atoms with Crippen LogP contribution < -0.4 is 50.9 Å². The van der Waals surface area contributed by atoms with Crippen LogP contribution in [0, 0.1) is 0 Å². The van der Waals surface area contributed by atoms with E-state index in [2.05, 4.69) is 0 Å². The zero-order valence-electron chi connectivity index (χ0n) is 1.63. The summed E-state index contributed by atoms with van der Waals surface area (Å²) in [6.07, 6.45) is 0. The Hall–Kier alpha value is 1.98. The summed E-state index contributed by atoms with van der Waals surface area (Å²) in [6.45, 7) is 0. The predicted molar refractivity (Wildman–Crippen MR) is 5.75 cm³/mol. The summed E-state index contributed by atoms with van der Waals surface area (Å²) >= 11 is 0. The van der Waals surface area contributed by atoms with Crippen LogP contribution in [0.15, 0.2) is 0 Å². The Kier molecular flexibility index (Phi) is 190. The first-order valence-electron chi connectivity index (χ1n) is 0. The molecule has 0 saturated heterocycles. The average Bonchev–Trinajstić information content (AvgIpc) is 0. The fourth-order valence-electron chi connectivity index (χ4n) is 0. The summed E-state index contributed by atoms with van der Waals surface area (Å²) in [6, 6.07) is 0. The first kappa shape index (κ1) is 37.8. The molecule has 0 spiro atoms. The maximum Gasteiger partial charge on any atom is 0 e. The van der Waals surface area contributed by atoms with Crippen LogP contribution in [0.25, 0.3) is 0 Å². The van der Waals surface area contributed by atoms with Gasteiger partial charge in [-0.25, -0.2) is 0 Å². The van der Waals surface area contributed by atoms with Gasteiger partial charge in [-0.1, -0.05) is 0 Å². The molecule has 0 unspecified atom stereocenters. The molecule has 0 fully saturated rings. The fourth-order valence-corrected chi connectivity index (χ4v) is 0. The molecule has 0 saturated carbocycles. The molecule has 0 aliphatic rings. The fraction of sp³-hybridized carbons (Fsp3) is 0. The summed E-state index contributed by atoms with van der Waals surface area (Å²) in [5, 5.41) is 0. The van der Waals surface area contributed by atoms with Gasteiger partial charge in [-0.05, 0) is 0 Å². The largest absolute Gasteiger partial charge is 1.00 e. The van der Waals surface area contributed by atoms with Crippen molar-refractivity contribution in [1.29, 1.82) is 0 Å². The summed E-state index contributed by atoms with van der Waals surface area (Å²) < 4.78 is 0. The van der Waals surface area contributed by atoms with Gasteiger partial charge in [0.25, 0.3) is 0 Å².